The van der Waals surface area contributed by atoms with E-state index in [4.69, 9.17) is 5.11 Å². The average molecular weight is 320 g/mol. The number of piperazine rings is 1. The Balaban J connectivity index is 1.90. The standard InChI is InChI=1S/C16H20N2O3S/c19-13-12-17-8-10-18(11-9-17)22(20,21)16-7-3-5-14-4-1-2-6-15(14)16/h1-7,19H,8-13H2. The molecular weight excluding hydrogens is 300 g/mol. The number of fused-ring (bicyclic) bond motifs is 1. The van der Waals surface area contributed by atoms with Gasteiger partial charge in [-0.15, -0.1) is 0 Å². The highest BCUT2D eigenvalue weighted by Gasteiger charge is 2.29. The van der Waals surface area contributed by atoms with Gasteiger partial charge < -0.3 is 5.11 Å². The van der Waals surface area contributed by atoms with Crippen molar-refractivity contribution in [3.05, 3.63) is 42.5 Å². The lowest BCUT2D eigenvalue weighted by Gasteiger charge is -2.33. The van der Waals surface area contributed by atoms with E-state index >= 15 is 0 Å². The van der Waals surface area contributed by atoms with Crippen molar-refractivity contribution < 1.29 is 13.5 Å². The average Bonchev–Trinajstić information content (AvgIpc) is 2.55. The number of nitrogens with zero attached hydrogens (tertiary/aromatic N) is 2. The van der Waals surface area contributed by atoms with Crippen LogP contribution in [0.5, 0.6) is 0 Å². The molecule has 0 saturated carbocycles. The number of sulfonamides is 1. The van der Waals surface area contributed by atoms with Crippen molar-refractivity contribution in [3.8, 4) is 0 Å². The first-order chi connectivity index (χ1) is 10.6. The summed E-state index contributed by atoms with van der Waals surface area (Å²) < 4.78 is 27.4. The first-order valence-corrected chi connectivity index (χ1v) is 8.88. The summed E-state index contributed by atoms with van der Waals surface area (Å²) in [4.78, 5) is 2.45. The number of aliphatic hydroxyl groups is 1. The van der Waals surface area contributed by atoms with Gasteiger partial charge in [-0.25, -0.2) is 8.42 Å². The lowest BCUT2D eigenvalue weighted by atomic mass is 10.1. The minimum absolute atomic E-state index is 0.107. The fourth-order valence-corrected chi connectivity index (χ4v) is 4.53. The van der Waals surface area contributed by atoms with Crippen LogP contribution in [-0.4, -0.2) is 62.1 Å². The molecular formula is C16H20N2O3S. The van der Waals surface area contributed by atoms with Crippen molar-refractivity contribution >= 4 is 20.8 Å². The van der Waals surface area contributed by atoms with E-state index in [1.807, 2.05) is 30.3 Å². The van der Waals surface area contributed by atoms with Gasteiger partial charge in [-0.3, -0.25) is 4.90 Å². The van der Waals surface area contributed by atoms with E-state index in [2.05, 4.69) is 4.90 Å². The van der Waals surface area contributed by atoms with Gasteiger partial charge in [0, 0.05) is 38.1 Å². The molecule has 118 valence electrons. The zero-order valence-electron chi connectivity index (χ0n) is 12.4. The van der Waals surface area contributed by atoms with Crippen LogP contribution in [-0.2, 0) is 10.0 Å². The minimum atomic E-state index is -3.48. The van der Waals surface area contributed by atoms with Gasteiger partial charge in [0.25, 0.3) is 0 Å². The van der Waals surface area contributed by atoms with Crippen molar-refractivity contribution in [2.45, 2.75) is 4.90 Å². The van der Waals surface area contributed by atoms with Gasteiger partial charge in [0.2, 0.25) is 10.0 Å². The molecule has 1 saturated heterocycles. The van der Waals surface area contributed by atoms with Gasteiger partial charge in [0.15, 0.2) is 0 Å². The number of β-amino-alcohol motifs (C(OH)–C–C–N with tert-alkyl or cyclic N) is 1. The largest absolute Gasteiger partial charge is 0.395 e. The van der Waals surface area contributed by atoms with E-state index in [1.165, 1.54) is 0 Å². The van der Waals surface area contributed by atoms with Crippen molar-refractivity contribution in [1.29, 1.82) is 0 Å². The highest BCUT2D eigenvalue weighted by Crippen LogP contribution is 2.26. The molecule has 1 N–H and O–H groups in total. The van der Waals surface area contributed by atoms with E-state index in [9.17, 15) is 8.42 Å². The quantitative estimate of drug-likeness (QED) is 0.918. The Morgan fingerprint density at radius 1 is 0.955 bits per heavy atom. The monoisotopic (exact) mass is 320 g/mol. The maximum Gasteiger partial charge on any atom is 0.243 e. The lowest BCUT2D eigenvalue weighted by Crippen LogP contribution is -2.49. The van der Waals surface area contributed by atoms with Crippen LogP contribution in [0.2, 0.25) is 0 Å². The minimum Gasteiger partial charge on any atom is -0.395 e. The summed E-state index contributed by atoms with van der Waals surface area (Å²) in [6, 6.07) is 12.9. The van der Waals surface area contributed by atoms with Crippen molar-refractivity contribution in [1.82, 2.24) is 9.21 Å². The number of hydrogen-bond donors (Lipinski definition) is 1. The summed E-state index contributed by atoms with van der Waals surface area (Å²) in [6.45, 7) is 2.95. The summed E-state index contributed by atoms with van der Waals surface area (Å²) in [6.07, 6.45) is 0. The molecule has 0 bridgehead atoms. The predicted molar refractivity (Wildman–Crippen MR) is 86.2 cm³/mol. The van der Waals surface area contributed by atoms with Crippen LogP contribution < -0.4 is 0 Å². The third-order valence-electron chi connectivity index (χ3n) is 4.11. The predicted octanol–water partition coefficient (Wildman–Crippen LogP) is 1.14. The first kappa shape index (κ1) is 15.4. The second-order valence-electron chi connectivity index (χ2n) is 5.45. The zero-order chi connectivity index (χ0) is 15.6. The van der Waals surface area contributed by atoms with Gasteiger partial charge in [-0.05, 0) is 11.5 Å². The van der Waals surface area contributed by atoms with Gasteiger partial charge in [0.1, 0.15) is 0 Å². The Labute approximate surface area is 130 Å². The normalized spacial score (nSPS) is 17.9. The number of rotatable bonds is 4. The fraction of sp³-hybridized carbons (Fsp3) is 0.375. The van der Waals surface area contributed by atoms with E-state index in [0.29, 0.717) is 37.6 Å². The third kappa shape index (κ3) is 2.87. The first-order valence-electron chi connectivity index (χ1n) is 7.44. The Morgan fingerprint density at radius 2 is 1.64 bits per heavy atom. The van der Waals surface area contributed by atoms with Crippen LogP contribution in [0.1, 0.15) is 0 Å². The smallest absolute Gasteiger partial charge is 0.243 e. The lowest BCUT2D eigenvalue weighted by molar-refractivity contribution is 0.151. The molecule has 6 heteroatoms. The Bertz CT molecular complexity index is 748. The molecule has 5 nitrogen and oxygen atoms in total. The van der Waals surface area contributed by atoms with E-state index < -0.39 is 10.0 Å². The summed E-state index contributed by atoms with van der Waals surface area (Å²) in [5.41, 5.74) is 0. The molecule has 22 heavy (non-hydrogen) atoms. The SMILES string of the molecule is O=S(=O)(c1cccc2ccccc12)N1CCN(CCO)CC1. The van der Waals surface area contributed by atoms with Crippen LogP contribution >= 0.6 is 0 Å². The molecule has 0 aromatic heterocycles. The summed E-state index contributed by atoms with van der Waals surface area (Å²) >= 11 is 0. The molecule has 1 aliphatic rings. The molecule has 0 atom stereocenters. The van der Waals surface area contributed by atoms with Crippen LogP contribution in [0.4, 0.5) is 0 Å². The molecule has 0 aliphatic carbocycles. The molecule has 1 heterocycles. The fourth-order valence-electron chi connectivity index (χ4n) is 2.89. The van der Waals surface area contributed by atoms with Crippen molar-refractivity contribution in [2.75, 3.05) is 39.3 Å². The van der Waals surface area contributed by atoms with Gasteiger partial charge in [0.05, 0.1) is 11.5 Å². The van der Waals surface area contributed by atoms with Crippen LogP contribution in [0.25, 0.3) is 10.8 Å². The van der Waals surface area contributed by atoms with Crippen molar-refractivity contribution in [2.24, 2.45) is 0 Å². The second kappa shape index (κ2) is 6.34. The molecule has 1 fully saturated rings. The van der Waals surface area contributed by atoms with Gasteiger partial charge in [-0.2, -0.15) is 4.31 Å². The number of benzene rings is 2. The van der Waals surface area contributed by atoms with Crippen LogP contribution in [0.15, 0.2) is 47.4 Å². The van der Waals surface area contributed by atoms with E-state index in [-0.39, 0.29) is 6.61 Å². The summed E-state index contributed by atoms with van der Waals surface area (Å²) in [5, 5.41) is 10.7. The molecule has 0 unspecified atom stereocenters. The van der Waals surface area contributed by atoms with E-state index in [1.54, 1.807) is 16.4 Å². The number of hydrogen-bond acceptors (Lipinski definition) is 4. The molecule has 0 amide bonds. The zero-order valence-corrected chi connectivity index (χ0v) is 13.2. The Morgan fingerprint density at radius 3 is 2.36 bits per heavy atom. The highest BCUT2D eigenvalue weighted by atomic mass is 32.2. The topological polar surface area (TPSA) is 60.9 Å². The summed E-state index contributed by atoms with van der Waals surface area (Å²) in [5.74, 6) is 0. The van der Waals surface area contributed by atoms with Gasteiger partial charge in [-0.1, -0.05) is 36.4 Å². The maximum atomic E-state index is 12.9. The van der Waals surface area contributed by atoms with Crippen molar-refractivity contribution in [3.63, 3.8) is 0 Å². The molecule has 1 aliphatic heterocycles. The molecule has 2 aromatic carbocycles. The third-order valence-corrected chi connectivity index (χ3v) is 6.07. The second-order valence-corrected chi connectivity index (χ2v) is 7.35. The highest BCUT2D eigenvalue weighted by molar-refractivity contribution is 7.89. The molecule has 2 aromatic rings. The molecule has 3 rings (SSSR count). The van der Waals surface area contributed by atoms with Gasteiger partial charge >= 0.3 is 0 Å². The summed E-state index contributed by atoms with van der Waals surface area (Å²) in [7, 11) is -3.48. The Hall–Kier alpha value is -1.47. The maximum absolute atomic E-state index is 12.9. The van der Waals surface area contributed by atoms with Crippen LogP contribution in [0.3, 0.4) is 0 Å². The van der Waals surface area contributed by atoms with Crippen LogP contribution in [0, 0.1) is 0 Å². The molecule has 0 spiro atoms. The Kier molecular flexibility index (Phi) is 4.44. The van der Waals surface area contributed by atoms with E-state index in [0.717, 1.165) is 10.8 Å². The molecule has 0 radical (unpaired) electrons. The number of aliphatic hydroxyl groups excluding tert-OH is 1.